The Morgan fingerprint density at radius 2 is 2.12 bits per heavy atom. The van der Waals surface area contributed by atoms with Gasteiger partial charge in [-0.25, -0.2) is 0 Å². The molecular weight excluding hydrogens is 220 g/mol. The molecular formula is C12H20N2O3. The molecule has 0 spiro atoms. The molecule has 1 unspecified atom stereocenters. The van der Waals surface area contributed by atoms with Crippen molar-refractivity contribution in [3.05, 3.63) is 0 Å². The van der Waals surface area contributed by atoms with Crippen molar-refractivity contribution in [2.75, 3.05) is 13.1 Å². The zero-order valence-corrected chi connectivity index (χ0v) is 10.2. The van der Waals surface area contributed by atoms with E-state index < -0.39 is 11.5 Å². The van der Waals surface area contributed by atoms with Crippen LogP contribution >= 0.6 is 0 Å². The van der Waals surface area contributed by atoms with Crippen molar-refractivity contribution in [1.29, 1.82) is 0 Å². The lowest BCUT2D eigenvalue weighted by Crippen LogP contribution is -2.58. The average molecular weight is 240 g/mol. The molecule has 5 nitrogen and oxygen atoms in total. The molecule has 0 radical (unpaired) electrons. The summed E-state index contributed by atoms with van der Waals surface area (Å²) in [7, 11) is 0. The summed E-state index contributed by atoms with van der Waals surface area (Å²) in [6.45, 7) is 3.70. The average Bonchev–Trinajstić information content (AvgIpc) is 2.10. The molecule has 2 aliphatic rings. The van der Waals surface area contributed by atoms with Crippen LogP contribution < -0.4 is 10.6 Å². The van der Waals surface area contributed by atoms with Gasteiger partial charge in [-0.2, -0.15) is 0 Å². The van der Waals surface area contributed by atoms with E-state index in [2.05, 4.69) is 10.6 Å². The largest absolute Gasteiger partial charge is 0.481 e. The second kappa shape index (κ2) is 4.64. The number of aliphatic carboxylic acids is 1. The minimum Gasteiger partial charge on any atom is -0.481 e. The lowest BCUT2D eigenvalue weighted by Gasteiger charge is -2.43. The van der Waals surface area contributed by atoms with Gasteiger partial charge < -0.3 is 15.7 Å². The second-order valence-corrected chi connectivity index (χ2v) is 5.40. The van der Waals surface area contributed by atoms with E-state index in [0.717, 1.165) is 32.4 Å². The fourth-order valence-corrected chi connectivity index (χ4v) is 2.49. The predicted molar refractivity (Wildman–Crippen MR) is 62.5 cm³/mol. The second-order valence-electron chi connectivity index (χ2n) is 5.40. The van der Waals surface area contributed by atoms with Crippen LogP contribution in [0.4, 0.5) is 0 Å². The highest BCUT2D eigenvalue weighted by Crippen LogP contribution is 2.35. The first-order valence-corrected chi connectivity index (χ1v) is 6.27. The number of carboxylic acids is 1. The Hall–Kier alpha value is -1.10. The van der Waals surface area contributed by atoms with E-state index in [-0.39, 0.29) is 18.2 Å². The third kappa shape index (κ3) is 2.60. The van der Waals surface area contributed by atoms with Crippen LogP contribution in [0.2, 0.25) is 0 Å². The molecule has 1 aliphatic carbocycles. The fourth-order valence-electron chi connectivity index (χ4n) is 2.49. The van der Waals surface area contributed by atoms with Crippen LogP contribution in [0.1, 0.15) is 32.6 Å². The number of amides is 1. The zero-order chi connectivity index (χ0) is 12.5. The van der Waals surface area contributed by atoms with Crippen LogP contribution in [0, 0.1) is 11.8 Å². The molecule has 5 heteroatoms. The van der Waals surface area contributed by atoms with Gasteiger partial charge in [0.15, 0.2) is 0 Å². The van der Waals surface area contributed by atoms with Gasteiger partial charge in [-0.1, -0.05) is 6.92 Å². The fraction of sp³-hybridized carbons (Fsp3) is 0.833. The molecule has 0 aromatic heterocycles. The Morgan fingerprint density at radius 3 is 2.47 bits per heavy atom. The van der Waals surface area contributed by atoms with Gasteiger partial charge in [0.1, 0.15) is 0 Å². The summed E-state index contributed by atoms with van der Waals surface area (Å²) in [5.41, 5.74) is -0.464. The molecule has 0 aromatic rings. The smallest absolute Gasteiger partial charge is 0.305 e. The van der Waals surface area contributed by atoms with Gasteiger partial charge in [-0.3, -0.25) is 9.59 Å². The topological polar surface area (TPSA) is 78.4 Å². The molecule has 0 aromatic carbocycles. The van der Waals surface area contributed by atoms with E-state index in [0.29, 0.717) is 5.92 Å². The van der Waals surface area contributed by atoms with Crippen molar-refractivity contribution >= 4 is 11.9 Å². The summed E-state index contributed by atoms with van der Waals surface area (Å²) in [6, 6.07) is 0. The highest BCUT2D eigenvalue weighted by atomic mass is 16.4. The van der Waals surface area contributed by atoms with E-state index in [9.17, 15) is 9.59 Å². The lowest BCUT2D eigenvalue weighted by atomic mass is 9.73. The first-order chi connectivity index (χ1) is 8.02. The maximum absolute atomic E-state index is 12.0. The lowest BCUT2D eigenvalue weighted by molar-refractivity contribution is -0.141. The number of carbonyl (C=O) groups excluding carboxylic acids is 1. The summed E-state index contributed by atoms with van der Waals surface area (Å²) >= 11 is 0. The molecule has 1 saturated heterocycles. The van der Waals surface area contributed by atoms with Crippen LogP contribution in [0.3, 0.4) is 0 Å². The van der Waals surface area contributed by atoms with Crippen LogP contribution in [0.25, 0.3) is 0 Å². The third-order valence-corrected chi connectivity index (χ3v) is 4.12. The van der Waals surface area contributed by atoms with E-state index in [4.69, 9.17) is 5.11 Å². The number of hydrogen-bond acceptors (Lipinski definition) is 3. The van der Waals surface area contributed by atoms with Crippen LogP contribution in [-0.2, 0) is 9.59 Å². The van der Waals surface area contributed by atoms with Crippen LogP contribution in [-0.4, -0.2) is 35.6 Å². The molecule has 17 heavy (non-hydrogen) atoms. The standard InChI is InChI=1S/C12H20N2O3/c1-8(9-6-13-7-9)11(17)14-12(3-2-4-12)5-10(15)16/h8-9,13H,2-7H2,1H3,(H,14,17)(H,15,16). The predicted octanol–water partition coefficient (Wildman–Crippen LogP) is 0.355. The van der Waals surface area contributed by atoms with Gasteiger partial charge in [0.2, 0.25) is 5.91 Å². The molecule has 96 valence electrons. The van der Waals surface area contributed by atoms with Crippen LogP contribution in [0.15, 0.2) is 0 Å². The maximum Gasteiger partial charge on any atom is 0.305 e. The van der Waals surface area contributed by atoms with E-state index in [1.807, 2.05) is 6.92 Å². The SMILES string of the molecule is CC(C(=O)NC1(CC(=O)O)CCC1)C1CNC1. The highest BCUT2D eigenvalue weighted by Gasteiger charge is 2.42. The molecule has 3 N–H and O–H groups in total. The van der Waals surface area contributed by atoms with Crippen molar-refractivity contribution < 1.29 is 14.7 Å². The van der Waals surface area contributed by atoms with Crippen LogP contribution in [0.5, 0.6) is 0 Å². The Kier molecular flexibility index (Phi) is 3.38. The van der Waals surface area contributed by atoms with Gasteiger partial charge in [0.25, 0.3) is 0 Å². The number of carbonyl (C=O) groups is 2. The Morgan fingerprint density at radius 1 is 1.47 bits per heavy atom. The summed E-state index contributed by atoms with van der Waals surface area (Å²) in [5, 5.41) is 15.0. The monoisotopic (exact) mass is 240 g/mol. The first-order valence-electron chi connectivity index (χ1n) is 6.27. The molecule has 1 aliphatic heterocycles. The van der Waals surface area contributed by atoms with E-state index >= 15 is 0 Å². The van der Waals surface area contributed by atoms with Crippen molar-refractivity contribution in [3.8, 4) is 0 Å². The molecule has 1 amide bonds. The summed E-state index contributed by atoms with van der Waals surface area (Å²) in [5.74, 6) is -0.445. The third-order valence-electron chi connectivity index (χ3n) is 4.12. The molecule has 2 rings (SSSR count). The number of carboxylic acid groups (broad SMARTS) is 1. The zero-order valence-electron chi connectivity index (χ0n) is 10.2. The van der Waals surface area contributed by atoms with Gasteiger partial charge in [0, 0.05) is 5.92 Å². The number of hydrogen-bond donors (Lipinski definition) is 3. The van der Waals surface area contributed by atoms with Gasteiger partial charge in [0.05, 0.1) is 12.0 Å². The first kappa shape index (κ1) is 12.4. The molecule has 1 heterocycles. The van der Waals surface area contributed by atoms with E-state index in [1.165, 1.54) is 0 Å². The molecule has 0 bridgehead atoms. The Balaban J connectivity index is 1.89. The van der Waals surface area contributed by atoms with Gasteiger partial charge in [-0.05, 0) is 38.3 Å². The number of rotatable bonds is 5. The molecule has 1 atom stereocenters. The molecule has 1 saturated carbocycles. The Bertz CT molecular complexity index is 322. The minimum atomic E-state index is -0.831. The van der Waals surface area contributed by atoms with Crippen molar-refractivity contribution in [3.63, 3.8) is 0 Å². The van der Waals surface area contributed by atoms with Crippen molar-refractivity contribution in [2.24, 2.45) is 11.8 Å². The summed E-state index contributed by atoms with van der Waals surface area (Å²) in [4.78, 5) is 22.8. The van der Waals surface area contributed by atoms with Crippen molar-refractivity contribution in [2.45, 2.75) is 38.1 Å². The highest BCUT2D eigenvalue weighted by molar-refractivity contribution is 5.81. The maximum atomic E-state index is 12.0. The van der Waals surface area contributed by atoms with Crippen molar-refractivity contribution in [1.82, 2.24) is 10.6 Å². The normalized spacial score (nSPS) is 24.3. The Labute approximate surface area is 101 Å². The summed E-state index contributed by atoms with van der Waals surface area (Å²) in [6.07, 6.45) is 2.64. The van der Waals surface area contributed by atoms with Gasteiger partial charge in [-0.15, -0.1) is 0 Å². The summed E-state index contributed by atoms with van der Waals surface area (Å²) < 4.78 is 0. The molecule has 2 fully saturated rings. The van der Waals surface area contributed by atoms with E-state index in [1.54, 1.807) is 0 Å². The van der Waals surface area contributed by atoms with Gasteiger partial charge >= 0.3 is 5.97 Å². The number of nitrogens with one attached hydrogen (secondary N) is 2. The minimum absolute atomic E-state index is 0.0115. The quantitative estimate of drug-likeness (QED) is 0.648.